The molecule has 1 amide bonds. The van der Waals surface area contributed by atoms with Gasteiger partial charge < -0.3 is 14.7 Å². The van der Waals surface area contributed by atoms with Crippen molar-refractivity contribution in [2.75, 3.05) is 6.54 Å². The monoisotopic (exact) mass is 271 g/mol. The van der Waals surface area contributed by atoms with Crippen molar-refractivity contribution in [3.8, 4) is 0 Å². The van der Waals surface area contributed by atoms with Gasteiger partial charge in [-0.2, -0.15) is 0 Å². The number of nitrogens with zero attached hydrogens (tertiary/aromatic N) is 1. The Hall–Kier alpha value is -1.26. The fraction of sp³-hybridized carbons (Fsp3) is 0.857. The second kappa shape index (κ2) is 6.26. The van der Waals surface area contributed by atoms with E-state index in [0.29, 0.717) is 6.54 Å². The number of hydrogen-bond donors (Lipinski definition) is 1. The minimum absolute atomic E-state index is 0.0281. The molecule has 0 aliphatic carbocycles. The molecule has 2 atom stereocenters. The van der Waals surface area contributed by atoms with Crippen molar-refractivity contribution in [1.82, 2.24) is 4.90 Å². The lowest BCUT2D eigenvalue weighted by atomic mass is 9.85. The Morgan fingerprint density at radius 2 is 2.00 bits per heavy atom. The molecule has 1 rings (SSSR count). The molecule has 1 fully saturated rings. The number of rotatable bonds is 3. The molecule has 1 heterocycles. The van der Waals surface area contributed by atoms with Crippen molar-refractivity contribution in [3.05, 3.63) is 0 Å². The average Bonchev–Trinajstić information content (AvgIpc) is 2.25. The third-order valence-corrected chi connectivity index (χ3v) is 3.40. The molecule has 1 aliphatic rings. The first-order valence-corrected chi connectivity index (χ1v) is 6.96. The van der Waals surface area contributed by atoms with E-state index < -0.39 is 11.6 Å². The van der Waals surface area contributed by atoms with Crippen LogP contribution in [0, 0.1) is 5.92 Å². The Bertz CT molecular complexity index is 335. The van der Waals surface area contributed by atoms with Gasteiger partial charge in [0.15, 0.2) is 0 Å². The molecule has 5 heteroatoms. The summed E-state index contributed by atoms with van der Waals surface area (Å²) >= 11 is 0. The van der Waals surface area contributed by atoms with E-state index in [0.717, 1.165) is 19.3 Å². The third kappa shape index (κ3) is 4.73. The van der Waals surface area contributed by atoms with Gasteiger partial charge in [-0.3, -0.25) is 4.79 Å². The van der Waals surface area contributed by atoms with Crippen LogP contribution in [0.15, 0.2) is 0 Å². The van der Waals surface area contributed by atoms with E-state index in [1.165, 1.54) is 0 Å². The van der Waals surface area contributed by atoms with Crippen LogP contribution < -0.4 is 0 Å². The van der Waals surface area contributed by atoms with Gasteiger partial charge in [-0.1, -0.05) is 6.92 Å². The van der Waals surface area contributed by atoms with Gasteiger partial charge in [0, 0.05) is 12.6 Å². The predicted octanol–water partition coefficient (Wildman–Crippen LogP) is 2.89. The quantitative estimate of drug-likeness (QED) is 0.857. The maximum Gasteiger partial charge on any atom is 0.410 e. The molecule has 0 saturated carbocycles. The number of ether oxygens (including phenoxy) is 1. The first-order chi connectivity index (χ1) is 8.74. The first-order valence-electron chi connectivity index (χ1n) is 6.96. The highest BCUT2D eigenvalue weighted by Crippen LogP contribution is 2.29. The van der Waals surface area contributed by atoms with Gasteiger partial charge in [0.05, 0.1) is 6.42 Å². The van der Waals surface area contributed by atoms with Crippen LogP contribution in [-0.2, 0) is 9.53 Å². The lowest BCUT2D eigenvalue weighted by Crippen LogP contribution is -2.50. The summed E-state index contributed by atoms with van der Waals surface area (Å²) in [6.45, 7) is 8.16. The Kier molecular flexibility index (Phi) is 5.20. The van der Waals surface area contributed by atoms with Gasteiger partial charge in [0.25, 0.3) is 0 Å². The zero-order valence-electron chi connectivity index (χ0n) is 12.3. The van der Waals surface area contributed by atoms with Crippen molar-refractivity contribution in [2.24, 2.45) is 5.92 Å². The minimum atomic E-state index is -0.797. The van der Waals surface area contributed by atoms with Gasteiger partial charge in [-0.25, -0.2) is 4.79 Å². The molecule has 0 spiro atoms. The van der Waals surface area contributed by atoms with E-state index in [4.69, 9.17) is 9.84 Å². The second-order valence-corrected chi connectivity index (χ2v) is 6.15. The Morgan fingerprint density at radius 1 is 1.37 bits per heavy atom. The first kappa shape index (κ1) is 15.8. The number of carboxylic acids is 1. The Labute approximate surface area is 114 Å². The molecule has 0 aromatic rings. The van der Waals surface area contributed by atoms with Crippen LogP contribution >= 0.6 is 0 Å². The highest BCUT2D eigenvalue weighted by molar-refractivity contribution is 5.70. The van der Waals surface area contributed by atoms with Gasteiger partial charge in [0.2, 0.25) is 0 Å². The topological polar surface area (TPSA) is 66.8 Å². The number of carboxylic acid groups (broad SMARTS) is 1. The lowest BCUT2D eigenvalue weighted by Gasteiger charge is -2.41. The van der Waals surface area contributed by atoms with E-state index >= 15 is 0 Å². The number of likely N-dealkylation sites (tertiary alicyclic amines) is 1. The van der Waals surface area contributed by atoms with Crippen molar-refractivity contribution in [2.45, 2.75) is 65.0 Å². The highest BCUT2D eigenvalue weighted by Gasteiger charge is 2.36. The summed E-state index contributed by atoms with van der Waals surface area (Å²) in [5, 5.41) is 8.96. The minimum Gasteiger partial charge on any atom is -0.481 e. The van der Waals surface area contributed by atoms with Gasteiger partial charge >= 0.3 is 12.1 Å². The van der Waals surface area contributed by atoms with Crippen LogP contribution in [0.25, 0.3) is 0 Å². The fourth-order valence-corrected chi connectivity index (χ4v) is 2.70. The van der Waals surface area contributed by atoms with Crippen molar-refractivity contribution >= 4 is 12.1 Å². The Morgan fingerprint density at radius 3 is 2.47 bits per heavy atom. The molecule has 0 aromatic heterocycles. The smallest absolute Gasteiger partial charge is 0.410 e. The lowest BCUT2D eigenvalue weighted by molar-refractivity contribution is -0.139. The summed E-state index contributed by atoms with van der Waals surface area (Å²) < 4.78 is 5.40. The van der Waals surface area contributed by atoms with E-state index in [1.54, 1.807) is 4.90 Å². The molecule has 1 aliphatic heterocycles. The summed E-state index contributed by atoms with van der Waals surface area (Å²) in [5.74, 6) is -0.766. The van der Waals surface area contributed by atoms with Crippen LogP contribution in [0.4, 0.5) is 4.79 Å². The molecular formula is C14H25NO4. The fourth-order valence-electron chi connectivity index (χ4n) is 2.70. The summed E-state index contributed by atoms with van der Waals surface area (Å²) in [7, 11) is 0. The van der Waals surface area contributed by atoms with Crippen LogP contribution in [0.3, 0.4) is 0 Å². The molecular weight excluding hydrogens is 246 g/mol. The summed E-state index contributed by atoms with van der Waals surface area (Å²) in [6.07, 6.45) is 2.27. The largest absolute Gasteiger partial charge is 0.481 e. The molecule has 5 nitrogen and oxygen atoms in total. The zero-order valence-corrected chi connectivity index (χ0v) is 12.3. The maximum atomic E-state index is 12.2. The summed E-state index contributed by atoms with van der Waals surface area (Å²) in [6, 6.07) is -0.0281. The molecule has 19 heavy (non-hydrogen) atoms. The second-order valence-electron chi connectivity index (χ2n) is 6.15. The van der Waals surface area contributed by atoms with Gasteiger partial charge in [-0.05, 0) is 46.0 Å². The number of hydrogen-bond acceptors (Lipinski definition) is 3. The molecule has 0 radical (unpaired) electrons. The molecule has 1 N–H and O–H groups in total. The van der Waals surface area contributed by atoms with E-state index in [2.05, 4.69) is 0 Å². The summed E-state index contributed by atoms with van der Waals surface area (Å²) in [5.41, 5.74) is -0.519. The van der Waals surface area contributed by atoms with Crippen LogP contribution in [0.2, 0.25) is 0 Å². The third-order valence-electron chi connectivity index (χ3n) is 3.40. The van der Waals surface area contributed by atoms with Gasteiger partial charge in [-0.15, -0.1) is 0 Å². The van der Waals surface area contributed by atoms with Crippen molar-refractivity contribution < 1.29 is 19.4 Å². The normalized spacial score (nSPS) is 24.1. The molecule has 1 saturated heterocycles. The molecule has 110 valence electrons. The van der Waals surface area contributed by atoms with E-state index in [9.17, 15) is 9.59 Å². The average molecular weight is 271 g/mol. The number of aliphatic carboxylic acids is 1. The van der Waals surface area contributed by atoms with Crippen molar-refractivity contribution in [3.63, 3.8) is 0 Å². The van der Waals surface area contributed by atoms with Gasteiger partial charge in [0.1, 0.15) is 5.60 Å². The number of carbonyl (C=O) groups is 2. The number of carbonyl (C=O) groups excluding carboxylic acids is 1. The standard InChI is InChI=1S/C14H25NO4/c1-5-11-10(9-12(16)17)7-6-8-15(11)13(18)19-14(2,3)4/h10-11H,5-9H2,1-4H3,(H,16,17). The number of piperidine rings is 1. The molecule has 0 aromatic carbocycles. The van der Waals surface area contributed by atoms with Crippen molar-refractivity contribution in [1.29, 1.82) is 0 Å². The van der Waals surface area contributed by atoms with E-state index in [1.807, 2.05) is 27.7 Å². The van der Waals surface area contributed by atoms with Crippen LogP contribution in [0.5, 0.6) is 0 Å². The highest BCUT2D eigenvalue weighted by atomic mass is 16.6. The number of amides is 1. The maximum absolute atomic E-state index is 12.2. The molecule has 0 bridgehead atoms. The van der Waals surface area contributed by atoms with Crippen LogP contribution in [-0.4, -0.2) is 40.3 Å². The van der Waals surface area contributed by atoms with E-state index in [-0.39, 0.29) is 24.5 Å². The predicted molar refractivity (Wildman–Crippen MR) is 72.0 cm³/mol. The summed E-state index contributed by atoms with van der Waals surface area (Å²) in [4.78, 5) is 24.8. The SMILES string of the molecule is CCC1C(CC(=O)O)CCCN1C(=O)OC(C)(C)C. The van der Waals surface area contributed by atoms with Crippen LogP contribution in [0.1, 0.15) is 53.4 Å². The zero-order chi connectivity index (χ0) is 14.6. The Balaban J connectivity index is 2.75. The molecule has 2 unspecified atom stereocenters.